The van der Waals surface area contributed by atoms with Crippen LogP contribution in [-0.2, 0) is 25.6 Å². The maximum absolute atomic E-state index is 12.3. The van der Waals surface area contributed by atoms with Crippen LogP contribution < -0.4 is 5.32 Å². The SMILES string of the molecule is CC(=O)CC(=O)O/C(C)=C\C(=O)c1cccc(CNC(=O)OC(C)(C)C)c1. The first-order valence-corrected chi connectivity index (χ1v) is 8.45. The quantitative estimate of drug-likeness (QED) is 0.258. The van der Waals surface area contributed by atoms with E-state index in [2.05, 4.69) is 5.32 Å². The molecule has 0 aliphatic rings. The molecule has 0 heterocycles. The summed E-state index contributed by atoms with van der Waals surface area (Å²) < 4.78 is 10.1. The Morgan fingerprint density at radius 3 is 2.37 bits per heavy atom. The van der Waals surface area contributed by atoms with Crippen molar-refractivity contribution in [1.82, 2.24) is 5.32 Å². The molecule has 1 aromatic carbocycles. The average Bonchev–Trinajstić information content (AvgIpc) is 2.50. The molecular weight excluding hydrogens is 350 g/mol. The standard InChI is InChI=1S/C20H25NO6/c1-13(22)9-18(24)26-14(2)10-17(23)16-8-6-7-15(11-16)12-21-19(25)27-20(3,4)5/h6-8,10-11H,9,12H2,1-5H3,(H,21,25)/b14-10-. The summed E-state index contributed by atoms with van der Waals surface area (Å²) in [6.45, 7) is 8.25. The van der Waals surface area contributed by atoms with Gasteiger partial charge in [-0.1, -0.05) is 18.2 Å². The van der Waals surface area contributed by atoms with Gasteiger partial charge in [-0.3, -0.25) is 14.4 Å². The number of allylic oxidation sites excluding steroid dienone is 2. The molecule has 0 atom stereocenters. The molecule has 1 rings (SSSR count). The van der Waals surface area contributed by atoms with Crippen LogP contribution >= 0.6 is 0 Å². The van der Waals surface area contributed by atoms with Crippen molar-refractivity contribution in [3.63, 3.8) is 0 Å². The molecule has 1 N–H and O–H groups in total. The molecule has 0 fully saturated rings. The van der Waals surface area contributed by atoms with E-state index in [0.29, 0.717) is 11.1 Å². The lowest BCUT2D eigenvalue weighted by atomic mass is 10.1. The Hall–Kier alpha value is -2.96. The van der Waals surface area contributed by atoms with Crippen LogP contribution in [0.3, 0.4) is 0 Å². The van der Waals surface area contributed by atoms with Crippen LogP contribution in [0.15, 0.2) is 36.1 Å². The van der Waals surface area contributed by atoms with Crippen molar-refractivity contribution < 1.29 is 28.7 Å². The normalized spacial score (nSPS) is 11.5. The minimum atomic E-state index is -0.709. The molecule has 7 nitrogen and oxygen atoms in total. The van der Waals surface area contributed by atoms with Crippen molar-refractivity contribution in [2.45, 2.75) is 53.2 Å². The monoisotopic (exact) mass is 375 g/mol. The zero-order chi connectivity index (χ0) is 20.6. The molecule has 146 valence electrons. The molecular formula is C20H25NO6. The Bertz CT molecular complexity index is 758. The van der Waals surface area contributed by atoms with Crippen molar-refractivity contribution >= 4 is 23.6 Å². The number of Topliss-reactive ketones (excluding diaryl/α,β-unsaturated/α-hetero) is 1. The van der Waals surface area contributed by atoms with Gasteiger partial charge in [0, 0.05) is 18.2 Å². The third-order valence-corrected chi connectivity index (χ3v) is 3.05. The third-order valence-electron chi connectivity index (χ3n) is 3.05. The summed E-state index contributed by atoms with van der Waals surface area (Å²) in [4.78, 5) is 46.3. The van der Waals surface area contributed by atoms with E-state index in [4.69, 9.17) is 9.47 Å². The van der Waals surface area contributed by atoms with Crippen molar-refractivity contribution in [2.75, 3.05) is 0 Å². The van der Waals surface area contributed by atoms with Gasteiger partial charge in [0.05, 0.1) is 0 Å². The Morgan fingerprint density at radius 1 is 1.11 bits per heavy atom. The van der Waals surface area contributed by atoms with E-state index in [1.54, 1.807) is 45.0 Å². The molecule has 7 heteroatoms. The second-order valence-corrected chi connectivity index (χ2v) is 7.03. The summed E-state index contributed by atoms with van der Waals surface area (Å²) in [6.07, 6.45) is 0.288. The van der Waals surface area contributed by atoms with Crippen molar-refractivity contribution in [3.05, 3.63) is 47.2 Å². The first-order chi connectivity index (χ1) is 12.5. The minimum Gasteiger partial charge on any atom is -0.444 e. The highest BCUT2D eigenvalue weighted by Crippen LogP contribution is 2.10. The number of esters is 1. The Balaban J connectivity index is 2.70. The topological polar surface area (TPSA) is 98.8 Å². The van der Waals surface area contributed by atoms with Crippen LogP contribution in [0.1, 0.15) is 57.0 Å². The maximum Gasteiger partial charge on any atom is 0.407 e. The smallest absolute Gasteiger partial charge is 0.407 e. The molecule has 0 spiro atoms. The van der Waals surface area contributed by atoms with E-state index in [1.165, 1.54) is 19.9 Å². The number of alkyl carbamates (subject to hydrolysis) is 1. The molecule has 0 saturated heterocycles. The second kappa shape index (κ2) is 9.66. The van der Waals surface area contributed by atoms with Crippen molar-refractivity contribution in [3.8, 4) is 0 Å². The van der Waals surface area contributed by atoms with Gasteiger partial charge in [0.25, 0.3) is 0 Å². The first kappa shape index (κ1) is 22.1. The zero-order valence-electron chi connectivity index (χ0n) is 16.3. The van der Waals surface area contributed by atoms with Crippen LogP contribution in [0.2, 0.25) is 0 Å². The molecule has 0 aliphatic carbocycles. The second-order valence-electron chi connectivity index (χ2n) is 7.03. The number of rotatable bonds is 7. The molecule has 0 aliphatic heterocycles. The molecule has 0 radical (unpaired) electrons. The third kappa shape index (κ3) is 9.34. The Morgan fingerprint density at radius 2 is 1.78 bits per heavy atom. The molecule has 27 heavy (non-hydrogen) atoms. The summed E-state index contributed by atoms with van der Waals surface area (Å²) in [7, 11) is 0. The average molecular weight is 375 g/mol. The lowest BCUT2D eigenvalue weighted by molar-refractivity contribution is -0.141. The Labute approximate surface area is 158 Å². The van der Waals surface area contributed by atoms with E-state index in [1.807, 2.05) is 0 Å². The molecule has 0 bridgehead atoms. The van der Waals surface area contributed by atoms with E-state index < -0.39 is 17.7 Å². The number of ether oxygens (including phenoxy) is 2. The highest BCUT2D eigenvalue weighted by molar-refractivity contribution is 6.05. The molecule has 1 amide bonds. The van der Waals surface area contributed by atoms with Gasteiger partial charge >= 0.3 is 12.1 Å². The Kier molecular flexibility index (Phi) is 7.90. The number of hydrogen-bond acceptors (Lipinski definition) is 6. The first-order valence-electron chi connectivity index (χ1n) is 8.45. The van der Waals surface area contributed by atoms with Gasteiger partial charge in [-0.25, -0.2) is 4.79 Å². The largest absolute Gasteiger partial charge is 0.444 e. The molecule has 1 aromatic rings. The zero-order valence-corrected chi connectivity index (χ0v) is 16.3. The van der Waals surface area contributed by atoms with Gasteiger partial charge in [-0.2, -0.15) is 0 Å². The van der Waals surface area contributed by atoms with E-state index >= 15 is 0 Å². The van der Waals surface area contributed by atoms with Crippen molar-refractivity contribution in [2.24, 2.45) is 0 Å². The highest BCUT2D eigenvalue weighted by atomic mass is 16.6. The number of carbonyl (C=O) groups is 4. The molecule has 0 saturated carbocycles. The van der Waals surface area contributed by atoms with E-state index in [9.17, 15) is 19.2 Å². The van der Waals surface area contributed by atoms with Gasteiger partial charge < -0.3 is 14.8 Å². The summed E-state index contributed by atoms with van der Waals surface area (Å²) >= 11 is 0. The summed E-state index contributed by atoms with van der Waals surface area (Å²) in [5.74, 6) is -1.28. The maximum atomic E-state index is 12.3. The number of carbonyl (C=O) groups excluding carboxylic acids is 4. The number of amides is 1. The summed E-state index contributed by atoms with van der Waals surface area (Å²) in [5.41, 5.74) is 0.496. The number of benzene rings is 1. The van der Waals surface area contributed by atoms with Gasteiger partial charge in [-0.05, 0) is 46.2 Å². The van der Waals surface area contributed by atoms with E-state index in [-0.39, 0.29) is 30.3 Å². The predicted octanol–water partition coefficient (Wildman–Crippen LogP) is 3.32. The number of hydrogen-bond donors (Lipinski definition) is 1. The molecule has 0 aromatic heterocycles. The van der Waals surface area contributed by atoms with Crippen LogP contribution in [0, 0.1) is 0 Å². The lowest BCUT2D eigenvalue weighted by Crippen LogP contribution is -2.32. The van der Waals surface area contributed by atoms with Crippen LogP contribution in [0.4, 0.5) is 4.79 Å². The fourth-order valence-electron chi connectivity index (χ4n) is 2.04. The number of nitrogens with one attached hydrogen (secondary N) is 1. The van der Waals surface area contributed by atoms with E-state index in [0.717, 1.165) is 0 Å². The summed E-state index contributed by atoms with van der Waals surface area (Å²) in [6, 6.07) is 6.68. The van der Waals surface area contributed by atoms with Gasteiger partial charge in [0.1, 0.15) is 23.6 Å². The fourth-order valence-corrected chi connectivity index (χ4v) is 2.04. The summed E-state index contributed by atoms with van der Waals surface area (Å²) in [5, 5.41) is 2.62. The number of ketones is 2. The van der Waals surface area contributed by atoms with Crippen LogP contribution in [-0.4, -0.2) is 29.2 Å². The van der Waals surface area contributed by atoms with Crippen LogP contribution in [0.5, 0.6) is 0 Å². The minimum absolute atomic E-state index is 0.100. The predicted molar refractivity (Wildman–Crippen MR) is 99.0 cm³/mol. The molecule has 0 unspecified atom stereocenters. The van der Waals surface area contributed by atoms with Crippen LogP contribution in [0.25, 0.3) is 0 Å². The fraction of sp³-hybridized carbons (Fsp3) is 0.400. The van der Waals surface area contributed by atoms with Crippen molar-refractivity contribution in [1.29, 1.82) is 0 Å². The lowest BCUT2D eigenvalue weighted by Gasteiger charge is -2.19. The van der Waals surface area contributed by atoms with Gasteiger partial charge in [-0.15, -0.1) is 0 Å². The van der Waals surface area contributed by atoms with Gasteiger partial charge in [0.2, 0.25) is 0 Å². The highest BCUT2D eigenvalue weighted by Gasteiger charge is 2.16. The van der Waals surface area contributed by atoms with Gasteiger partial charge in [0.15, 0.2) is 5.78 Å².